The van der Waals surface area contributed by atoms with Crippen LogP contribution in [0.4, 0.5) is 10.7 Å². The fourth-order valence-electron chi connectivity index (χ4n) is 4.51. The highest BCUT2D eigenvalue weighted by atomic mass is 32.2. The van der Waals surface area contributed by atoms with Crippen molar-refractivity contribution in [2.45, 2.75) is 58.2 Å². The lowest BCUT2D eigenvalue weighted by molar-refractivity contribution is 0.0968. The standard InChI is InChI=1S/C23H28N4O2S2/c1-3-4-5-6-14-30-23-25-24-22-26(15-10-12-16(29-2)13-11-15)20(28)19-17-8-7-9-18(17)31-21(19)27(22)23/h10-13,22,24H,3-9,14H2,1-2H3. The summed E-state index contributed by atoms with van der Waals surface area (Å²) in [6.45, 7) is 2.23. The summed E-state index contributed by atoms with van der Waals surface area (Å²) in [5.41, 5.74) is 6.23. The Kier molecular flexibility index (Phi) is 5.84. The van der Waals surface area contributed by atoms with E-state index in [9.17, 15) is 4.79 Å². The summed E-state index contributed by atoms with van der Waals surface area (Å²) in [5, 5.41) is 6.70. The molecule has 3 heterocycles. The first kappa shape index (κ1) is 20.7. The monoisotopic (exact) mass is 456 g/mol. The average Bonchev–Trinajstić information content (AvgIpc) is 3.48. The van der Waals surface area contributed by atoms with Gasteiger partial charge >= 0.3 is 0 Å². The highest BCUT2D eigenvalue weighted by Crippen LogP contribution is 2.47. The molecule has 0 bridgehead atoms. The van der Waals surface area contributed by atoms with E-state index in [0.717, 1.165) is 52.2 Å². The maximum absolute atomic E-state index is 13.8. The number of amides is 1. The molecular weight excluding hydrogens is 428 g/mol. The summed E-state index contributed by atoms with van der Waals surface area (Å²) in [6.07, 6.45) is 7.83. The Balaban J connectivity index is 1.48. The number of unbranched alkanes of at least 4 members (excludes halogenated alkanes) is 3. The van der Waals surface area contributed by atoms with Crippen LogP contribution in [0.2, 0.25) is 0 Å². The zero-order valence-corrected chi connectivity index (χ0v) is 19.7. The lowest BCUT2D eigenvalue weighted by Crippen LogP contribution is -2.58. The Morgan fingerprint density at radius 3 is 2.81 bits per heavy atom. The fraction of sp³-hybridized carbons (Fsp3) is 0.478. The first-order chi connectivity index (χ1) is 15.2. The van der Waals surface area contributed by atoms with Gasteiger partial charge < -0.3 is 4.74 Å². The molecule has 0 radical (unpaired) electrons. The van der Waals surface area contributed by atoms with Crippen molar-refractivity contribution in [3.63, 3.8) is 0 Å². The van der Waals surface area contributed by atoms with Gasteiger partial charge in [0.1, 0.15) is 10.8 Å². The smallest absolute Gasteiger partial charge is 0.264 e. The summed E-state index contributed by atoms with van der Waals surface area (Å²) in [6, 6.07) is 7.70. The third-order valence-electron chi connectivity index (χ3n) is 6.10. The number of ether oxygens (including phenoxy) is 1. The van der Waals surface area contributed by atoms with Crippen LogP contribution < -0.4 is 20.0 Å². The first-order valence-electron chi connectivity index (χ1n) is 11.1. The zero-order chi connectivity index (χ0) is 21.4. The first-order valence-corrected chi connectivity index (χ1v) is 12.9. The summed E-state index contributed by atoms with van der Waals surface area (Å²) in [5.74, 6) is 1.89. The van der Waals surface area contributed by atoms with Crippen molar-refractivity contribution in [3.05, 3.63) is 40.3 Å². The maximum Gasteiger partial charge on any atom is 0.264 e. The number of benzene rings is 1. The van der Waals surface area contributed by atoms with Gasteiger partial charge in [0, 0.05) is 16.3 Å². The van der Waals surface area contributed by atoms with Gasteiger partial charge in [0.15, 0.2) is 5.17 Å². The topological polar surface area (TPSA) is 57.2 Å². The van der Waals surface area contributed by atoms with Crippen molar-refractivity contribution in [1.82, 2.24) is 5.43 Å². The summed E-state index contributed by atoms with van der Waals surface area (Å²) < 4.78 is 5.31. The Labute approximate surface area is 191 Å². The summed E-state index contributed by atoms with van der Waals surface area (Å²) in [4.78, 5) is 19.2. The van der Waals surface area contributed by atoms with Crippen molar-refractivity contribution in [3.8, 4) is 5.75 Å². The second kappa shape index (κ2) is 8.74. The van der Waals surface area contributed by atoms with Crippen molar-refractivity contribution in [2.75, 3.05) is 22.7 Å². The number of hydrogen-bond donors (Lipinski definition) is 1. The van der Waals surface area contributed by atoms with Gasteiger partial charge in [0.05, 0.1) is 12.7 Å². The van der Waals surface area contributed by atoms with Gasteiger partial charge in [-0.15, -0.1) is 11.3 Å². The van der Waals surface area contributed by atoms with E-state index in [-0.39, 0.29) is 12.2 Å². The summed E-state index contributed by atoms with van der Waals surface area (Å²) >= 11 is 3.57. The predicted octanol–water partition coefficient (Wildman–Crippen LogP) is 5.18. The number of thioether (sulfide) groups is 1. The molecule has 0 saturated carbocycles. The molecule has 6 nitrogen and oxygen atoms in total. The van der Waals surface area contributed by atoms with Crippen molar-refractivity contribution in [1.29, 1.82) is 0 Å². The van der Waals surface area contributed by atoms with E-state index in [1.165, 1.54) is 36.1 Å². The molecule has 31 heavy (non-hydrogen) atoms. The van der Waals surface area contributed by atoms with Crippen LogP contribution in [-0.4, -0.2) is 30.2 Å². The molecule has 5 rings (SSSR count). The number of hydrogen-bond acceptors (Lipinski definition) is 7. The number of fused-ring (bicyclic) bond motifs is 5. The molecule has 1 aromatic carbocycles. The number of nitrogens with one attached hydrogen (secondary N) is 1. The van der Waals surface area contributed by atoms with Crippen LogP contribution in [0.3, 0.4) is 0 Å². The number of carbonyl (C=O) groups excluding carboxylic acids is 1. The summed E-state index contributed by atoms with van der Waals surface area (Å²) in [7, 11) is 1.65. The highest BCUT2D eigenvalue weighted by molar-refractivity contribution is 8.14. The molecule has 0 saturated heterocycles. The fourth-order valence-corrected chi connectivity index (χ4v) is 6.95. The molecule has 0 fully saturated rings. The average molecular weight is 457 g/mol. The lowest BCUT2D eigenvalue weighted by atomic mass is 10.1. The number of anilines is 2. The minimum Gasteiger partial charge on any atom is -0.497 e. The minimum atomic E-state index is -0.328. The largest absolute Gasteiger partial charge is 0.497 e. The number of aryl methyl sites for hydroxylation is 1. The molecular formula is C23H28N4O2S2. The number of amidine groups is 1. The maximum atomic E-state index is 13.8. The van der Waals surface area contributed by atoms with Gasteiger partial charge in [-0.05, 0) is 55.5 Å². The Morgan fingerprint density at radius 1 is 1.19 bits per heavy atom. The van der Waals surface area contributed by atoms with Gasteiger partial charge in [-0.1, -0.05) is 37.9 Å². The van der Waals surface area contributed by atoms with Crippen LogP contribution in [-0.2, 0) is 12.8 Å². The number of hydrazone groups is 1. The molecule has 0 spiro atoms. The van der Waals surface area contributed by atoms with Crippen LogP contribution in [0.15, 0.2) is 29.4 Å². The highest BCUT2D eigenvalue weighted by Gasteiger charge is 2.47. The molecule has 1 N–H and O–H groups in total. The van der Waals surface area contributed by atoms with E-state index in [2.05, 4.69) is 22.4 Å². The van der Waals surface area contributed by atoms with Crippen molar-refractivity contribution in [2.24, 2.45) is 5.10 Å². The zero-order valence-electron chi connectivity index (χ0n) is 18.0. The molecule has 8 heteroatoms. The molecule has 1 atom stereocenters. The predicted molar refractivity (Wildman–Crippen MR) is 130 cm³/mol. The van der Waals surface area contributed by atoms with Gasteiger partial charge in [0.25, 0.3) is 5.91 Å². The number of nitrogens with zero attached hydrogens (tertiary/aromatic N) is 3. The van der Waals surface area contributed by atoms with Crippen LogP contribution in [0, 0.1) is 0 Å². The van der Waals surface area contributed by atoms with Crippen LogP contribution in [0.1, 0.15) is 59.8 Å². The second-order valence-electron chi connectivity index (χ2n) is 8.09. The minimum absolute atomic E-state index is 0.0673. The third-order valence-corrected chi connectivity index (χ3v) is 8.43. The second-order valence-corrected chi connectivity index (χ2v) is 10.2. The lowest BCUT2D eigenvalue weighted by Gasteiger charge is -2.39. The Hall–Kier alpha value is -2.19. The molecule has 2 aromatic rings. The van der Waals surface area contributed by atoms with E-state index >= 15 is 0 Å². The Bertz CT molecular complexity index is 1000. The molecule has 1 aliphatic carbocycles. The molecule has 1 aromatic heterocycles. The van der Waals surface area contributed by atoms with E-state index < -0.39 is 0 Å². The third kappa shape index (κ3) is 3.59. The van der Waals surface area contributed by atoms with E-state index in [1.54, 1.807) is 30.2 Å². The van der Waals surface area contributed by atoms with Crippen molar-refractivity contribution >= 4 is 44.9 Å². The normalized spacial score (nSPS) is 19.1. The van der Waals surface area contributed by atoms with Crippen LogP contribution in [0.25, 0.3) is 0 Å². The Morgan fingerprint density at radius 2 is 2.03 bits per heavy atom. The molecule has 2 aliphatic heterocycles. The van der Waals surface area contributed by atoms with Crippen LogP contribution in [0.5, 0.6) is 5.75 Å². The van der Waals surface area contributed by atoms with Crippen LogP contribution >= 0.6 is 23.1 Å². The van der Waals surface area contributed by atoms with E-state index in [1.807, 2.05) is 29.2 Å². The number of methoxy groups -OCH3 is 1. The van der Waals surface area contributed by atoms with E-state index in [4.69, 9.17) is 4.74 Å². The van der Waals surface area contributed by atoms with Gasteiger partial charge in [-0.3, -0.25) is 20.0 Å². The molecule has 1 amide bonds. The number of rotatable bonds is 7. The molecule has 1 unspecified atom stereocenters. The van der Waals surface area contributed by atoms with Gasteiger partial charge in [0.2, 0.25) is 6.29 Å². The molecule has 164 valence electrons. The SMILES string of the molecule is CCCCCCSC1=NNC2N(c3ccc(OC)cc3)C(=O)c3c(sc4c3CCC4)N12. The van der Waals surface area contributed by atoms with Crippen molar-refractivity contribution < 1.29 is 9.53 Å². The van der Waals surface area contributed by atoms with Gasteiger partial charge in [-0.25, -0.2) is 0 Å². The number of carbonyl (C=O) groups is 1. The quantitative estimate of drug-likeness (QED) is 0.582. The molecule has 3 aliphatic rings. The van der Waals surface area contributed by atoms with E-state index in [0.29, 0.717) is 0 Å². The van der Waals surface area contributed by atoms with Gasteiger partial charge in [-0.2, -0.15) is 5.10 Å². The number of thiophene rings is 1.